The number of hydrogen-bond acceptors (Lipinski definition) is 4. The molecule has 5 unspecified atom stereocenters. The number of rotatable bonds is 2. The zero-order chi connectivity index (χ0) is 14.9. The Morgan fingerprint density at radius 3 is 3.00 bits per heavy atom. The van der Waals surface area contributed by atoms with Crippen molar-refractivity contribution in [2.45, 2.75) is 49.3 Å². The molecule has 0 radical (unpaired) electrons. The van der Waals surface area contributed by atoms with Gasteiger partial charge in [0.25, 0.3) is 0 Å². The summed E-state index contributed by atoms with van der Waals surface area (Å²) in [7, 11) is 3.56. The third-order valence-electron chi connectivity index (χ3n) is 6.58. The van der Waals surface area contributed by atoms with Crippen LogP contribution in [0.3, 0.4) is 0 Å². The first-order valence-corrected chi connectivity index (χ1v) is 8.42. The molecule has 2 aliphatic carbocycles. The minimum Gasteiger partial charge on any atom is -0.493 e. The maximum atomic E-state index is 6.53. The van der Waals surface area contributed by atoms with Crippen LogP contribution in [-0.4, -0.2) is 39.0 Å². The fourth-order valence-electron chi connectivity index (χ4n) is 5.81. The smallest absolute Gasteiger partial charge is 0.165 e. The van der Waals surface area contributed by atoms with Gasteiger partial charge in [0, 0.05) is 24.1 Å². The van der Waals surface area contributed by atoms with Crippen LogP contribution in [0.1, 0.15) is 30.4 Å². The molecule has 4 heteroatoms. The highest BCUT2D eigenvalue weighted by Gasteiger charge is 2.64. The molecule has 1 N–H and O–H groups in total. The van der Waals surface area contributed by atoms with E-state index >= 15 is 0 Å². The molecular weight excluding hydrogens is 278 g/mol. The number of methoxy groups -OCH3 is 2. The van der Waals surface area contributed by atoms with Gasteiger partial charge in [0.05, 0.1) is 13.2 Å². The molecule has 1 saturated carbocycles. The van der Waals surface area contributed by atoms with Crippen molar-refractivity contribution < 1.29 is 14.2 Å². The van der Waals surface area contributed by atoms with Gasteiger partial charge in [0.1, 0.15) is 6.10 Å². The van der Waals surface area contributed by atoms with E-state index in [0.29, 0.717) is 12.0 Å². The van der Waals surface area contributed by atoms with E-state index in [1.54, 1.807) is 7.11 Å². The summed E-state index contributed by atoms with van der Waals surface area (Å²) in [5.74, 6) is 2.55. The summed E-state index contributed by atoms with van der Waals surface area (Å²) in [6, 6.07) is 4.90. The van der Waals surface area contributed by atoms with Crippen LogP contribution in [0.25, 0.3) is 0 Å². The molecule has 1 aromatic rings. The van der Waals surface area contributed by atoms with E-state index in [1.807, 2.05) is 7.11 Å². The lowest BCUT2D eigenvalue weighted by Crippen LogP contribution is -2.66. The summed E-state index contributed by atoms with van der Waals surface area (Å²) in [4.78, 5) is 0. The molecule has 2 bridgehead atoms. The van der Waals surface area contributed by atoms with E-state index in [4.69, 9.17) is 14.2 Å². The third kappa shape index (κ3) is 1.36. The average Bonchev–Trinajstić information content (AvgIpc) is 2.88. The maximum Gasteiger partial charge on any atom is 0.165 e. The Hall–Kier alpha value is -1.26. The van der Waals surface area contributed by atoms with Crippen molar-refractivity contribution in [3.05, 3.63) is 23.3 Å². The second kappa shape index (κ2) is 4.39. The molecule has 22 heavy (non-hydrogen) atoms. The predicted octanol–water partition coefficient (Wildman–Crippen LogP) is 2.04. The van der Waals surface area contributed by atoms with E-state index in [0.717, 1.165) is 37.3 Å². The fourth-order valence-corrected chi connectivity index (χ4v) is 5.81. The summed E-state index contributed by atoms with van der Waals surface area (Å²) in [5, 5.41) is 3.76. The Balaban J connectivity index is 1.78. The molecule has 1 spiro atoms. The monoisotopic (exact) mass is 301 g/mol. The van der Waals surface area contributed by atoms with Gasteiger partial charge in [-0.3, -0.25) is 0 Å². The lowest BCUT2D eigenvalue weighted by Gasteiger charge is -2.56. The summed E-state index contributed by atoms with van der Waals surface area (Å²) < 4.78 is 17.9. The van der Waals surface area contributed by atoms with Gasteiger partial charge >= 0.3 is 0 Å². The largest absolute Gasteiger partial charge is 0.493 e. The second-order valence-corrected chi connectivity index (χ2v) is 7.18. The fraction of sp³-hybridized carbons (Fsp3) is 0.667. The van der Waals surface area contributed by atoms with Crippen molar-refractivity contribution in [3.63, 3.8) is 0 Å². The van der Waals surface area contributed by atoms with Crippen LogP contribution >= 0.6 is 0 Å². The number of nitrogens with one attached hydrogen (secondary N) is 1. The van der Waals surface area contributed by atoms with E-state index in [1.165, 1.54) is 17.5 Å². The van der Waals surface area contributed by atoms with Crippen LogP contribution in [-0.2, 0) is 16.6 Å². The number of piperidine rings is 1. The Bertz CT molecular complexity index is 631. The minimum absolute atomic E-state index is 0.131. The van der Waals surface area contributed by atoms with Crippen molar-refractivity contribution in [1.29, 1.82) is 0 Å². The number of hydrogen-bond donors (Lipinski definition) is 1. The highest BCUT2D eigenvalue weighted by molar-refractivity contribution is 5.61. The Labute approximate surface area is 131 Å². The topological polar surface area (TPSA) is 39.7 Å². The molecule has 0 aromatic heterocycles. The molecule has 5 rings (SSSR count). The van der Waals surface area contributed by atoms with Crippen molar-refractivity contribution in [1.82, 2.24) is 5.32 Å². The predicted molar refractivity (Wildman–Crippen MR) is 82.7 cm³/mol. The van der Waals surface area contributed by atoms with Gasteiger partial charge in [-0.15, -0.1) is 0 Å². The van der Waals surface area contributed by atoms with Gasteiger partial charge in [0.15, 0.2) is 11.5 Å². The van der Waals surface area contributed by atoms with Crippen LogP contribution in [0.15, 0.2) is 12.1 Å². The van der Waals surface area contributed by atoms with Gasteiger partial charge in [0.2, 0.25) is 0 Å². The van der Waals surface area contributed by atoms with Crippen LogP contribution < -0.4 is 14.8 Å². The van der Waals surface area contributed by atoms with Gasteiger partial charge < -0.3 is 19.5 Å². The molecule has 4 aliphatic rings. The molecule has 1 saturated heterocycles. The third-order valence-corrected chi connectivity index (χ3v) is 6.58. The number of benzene rings is 1. The molecule has 5 atom stereocenters. The van der Waals surface area contributed by atoms with Gasteiger partial charge in [-0.2, -0.15) is 0 Å². The van der Waals surface area contributed by atoms with Crippen LogP contribution in [0, 0.1) is 5.92 Å². The zero-order valence-corrected chi connectivity index (χ0v) is 13.2. The van der Waals surface area contributed by atoms with E-state index in [2.05, 4.69) is 17.4 Å². The van der Waals surface area contributed by atoms with Crippen molar-refractivity contribution >= 4 is 0 Å². The molecule has 1 aromatic carbocycles. The van der Waals surface area contributed by atoms with Gasteiger partial charge in [-0.1, -0.05) is 6.07 Å². The first-order chi connectivity index (χ1) is 10.8. The first-order valence-electron chi connectivity index (χ1n) is 8.42. The maximum absolute atomic E-state index is 6.53. The summed E-state index contributed by atoms with van der Waals surface area (Å²) in [6.07, 6.45) is 4.92. The zero-order valence-electron chi connectivity index (χ0n) is 13.2. The van der Waals surface area contributed by atoms with Gasteiger partial charge in [-0.05, 0) is 49.8 Å². The van der Waals surface area contributed by atoms with Crippen LogP contribution in [0.4, 0.5) is 0 Å². The molecule has 2 heterocycles. The Morgan fingerprint density at radius 1 is 1.27 bits per heavy atom. The van der Waals surface area contributed by atoms with E-state index in [-0.39, 0.29) is 17.6 Å². The van der Waals surface area contributed by atoms with Crippen LogP contribution in [0.2, 0.25) is 0 Å². The molecule has 2 fully saturated rings. The normalized spacial score (nSPS) is 40.8. The lowest BCUT2D eigenvalue weighted by molar-refractivity contribution is -0.0920. The van der Waals surface area contributed by atoms with Crippen LogP contribution in [0.5, 0.6) is 11.5 Å². The van der Waals surface area contributed by atoms with Crippen molar-refractivity contribution in [2.24, 2.45) is 5.92 Å². The standard InChI is InChI=1S/C18H23NO3/c1-20-13-5-3-10-9-12-11-4-6-14(21-2)17-18(11,7-8-19-12)15(10)16(13)22-17/h3,5,11-12,14,17,19H,4,6-9H2,1-2H3. The summed E-state index contributed by atoms with van der Waals surface area (Å²) >= 11 is 0. The lowest BCUT2D eigenvalue weighted by atomic mass is 9.52. The van der Waals surface area contributed by atoms with E-state index in [9.17, 15) is 0 Å². The van der Waals surface area contributed by atoms with Gasteiger partial charge in [-0.25, -0.2) is 0 Å². The average molecular weight is 301 g/mol. The Morgan fingerprint density at radius 2 is 2.18 bits per heavy atom. The molecular formula is C18H23NO3. The summed E-state index contributed by atoms with van der Waals surface area (Å²) in [5.41, 5.74) is 3.02. The SMILES string of the molecule is COc1ccc2c3c1OC1C(OC)CCC4C(C2)NCCC341. The minimum atomic E-state index is 0.131. The highest BCUT2D eigenvalue weighted by atomic mass is 16.6. The van der Waals surface area contributed by atoms with E-state index < -0.39 is 0 Å². The quantitative estimate of drug-likeness (QED) is 0.907. The summed E-state index contributed by atoms with van der Waals surface area (Å²) in [6.45, 7) is 1.08. The molecule has 0 amide bonds. The molecule has 2 aliphatic heterocycles. The van der Waals surface area contributed by atoms with Crippen molar-refractivity contribution in [3.8, 4) is 11.5 Å². The Kier molecular flexibility index (Phi) is 2.63. The second-order valence-electron chi connectivity index (χ2n) is 7.18. The number of ether oxygens (including phenoxy) is 3. The molecule has 4 nitrogen and oxygen atoms in total. The van der Waals surface area contributed by atoms with Crippen molar-refractivity contribution in [2.75, 3.05) is 20.8 Å². The molecule has 118 valence electrons. The highest BCUT2D eigenvalue weighted by Crippen LogP contribution is 2.62. The first kappa shape index (κ1) is 13.2.